The van der Waals surface area contributed by atoms with Crippen molar-refractivity contribution in [3.63, 3.8) is 0 Å². The molecule has 0 radical (unpaired) electrons. The highest BCUT2D eigenvalue weighted by Crippen LogP contribution is 2.17. The molecule has 4 nitrogen and oxygen atoms in total. The van der Waals surface area contributed by atoms with Crippen LogP contribution < -0.4 is 10.5 Å². The van der Waals surface area contributed by atoms with Crippen LogP contribution in [0, 0.1) is 3.57 Å². The van der Waals surface area contributed by atoms with E-state index in [2.05, 4.69) is 22.6 Å². The number of oxazole rings is 1. The molecule has 0 spiro atoms. The van der Waals surface area contributed by atoms with Gasteiger partial charge in [-0.05, 0) is 64.9 Å². The van der Waals surface area contributed by atoms with E-state index >= 15 is 0 Å². The number of hydrogen-bond donors (Lipinski definition) is 0. The van der Waals surface area contributed by atoms with E-state index in [1.807, 2.05) is 42.5 Å². The smallest absolute Gasteiger partial charge is 0.419 e. The Morgan fingerprint density at radius 2 is 1.95 bits per heavy atom. The van der Waals surface area contributed by atoms with Crippen LogP contribution in [0.15, 0.2) is 51.7 Å². The fourth-order valence-electron chi connectivity index (χ4n) is 2.29. The summed E-state index contributed by atoms with van der Waals surface area (Å²) in [5.74, 6) is 0.528. The molecule has 1 aromatic heterocycles. The van der Waals surface area contributed by atoms with Crippen molar-refractivity contribution in [2.75, 3.05) is 7.11 Å². The van der Waals surface area contributed by atoms with Crippen LogP contribution in [0.25, 0.3) is 11.1 Å². The number of aromatic nitrogens is 1. The van der Waals surface area contributed by atoms with Gasteiger partial charge in [0.1, 0.15) is 5.75 Å². The fraction of sp³-hybridized carbons (Fsp3) is 0.188. The summed E-state index contributed by atoms with van der Waals surface area (Å²) in [4.78, 5) is 11.9. The topological polar surface area (TPSA) is 44.4 Å². The van der Waals surface area contributed by atoms with Crippen molar-refractivity contribution >= 4 is 33.7 Å². The van der Waals surface area contributed by atoms with Crippen LogP contribution in [0.3, 0.4) is 0 Å². The highest BCUT2D eigenvalue weighted by Gasteiger charge is 2.09. The quantitative estimate of drug-likeness (QED) is 0.636. The van der Waals surface area contributed by atoms with Crippen LogP contribution in [0.4, 0.5) is 0 Å². The average Bonchev–Trinajstić information content (AvgIpc) is 2.80. The van der Waals surface area contributed by atoms with E-state index in [1.165, 1.54) is 0 Å². The van der Waals surface area contributed by atoms with Gasteiger partial charge in [0.2, 0.25) is 0 Å². The van der Waals surface area contributed by atoms with Gasteiger partial charge in [-0.2, -0.15) is 0 Å². The molecule has 108 valence electrons. The van der Waals surface area contributed by atoms with Crippen molar-refractivity contribution < 1.29 is 9.15 Å². The highest BCUT2D eigenvalue weighted by molar-refractivity contribution is 14.1. The molecule has 21 heavy (non-hydrogen) atoms. The maximum atomic E-state index is 11.9. The Hall–Kier alpha value is -1.76. The van der Waals surface area contributed by atoms with Gasteiger partial charge < -0.3 is 9.15 Å². The van der Waals surface area contributed by atoms with E-state index in [0.29, 0.717) is 12.1 Å². The summed E-state index contributed by atoms with van der Waals surface area (Å²) in [5, 5.41) is 0. The van der Waals surface area contributed by atoms with Crippen molar-refractivity contribution in [2.24, 2.45) is 0 Å². The fourth-order valence-corrected chi connectivity index (χ4v) is 2.75. The first kappa shape index (κ1) is 14.2. The summed E-state index contributed by atoms with van der Waals surface area (Å²) in [5.41, 5.74) is 2.64. The van der Waals surface area contributed by atoms with Gasteiger partial charge >= 0.3 is 5.76 Å². The molecule has 0 unspecified atom stereocenters. The van der Waals surface area contributed by atoms with E-state index in [0.717, 1.165) is 26.8 Å². The highest BCUT2D eigenvalue weighted by atomic mass is 127. The lowest BCUT2D eigenvalue weighted by Crippen LogP contribution is -2.15. The Balaban J connectivity index is 1.84. The molecule has 1 heterocycles. The lowest BCUT2D eigenvalue weighted by Gasteiger charge is -2.04. The maximum Gasteiger partial charge on any atom is 0.419 e. The van der Waals surface area contributed by atoms with E-state index in [4.69, 9.17) is 9.15 Å². The number of nitrogens with zero attached hydrogens (tertiary/aromatic N) is 1. The Bertz CT molecular complexity index is 818. The van der Waals surface area contributed by atoms with Crippen LogP contribution in [-0.4, -0.2) is 11.7 Å². The summed E-state index contributed by atoms with van der Waals surface area (Å²) in [6.07, 6.45) is 0.768. The minimum Gasteiger partial charge on any atom is -0.497 e. The zero-order valence-corrected chi connectivity index (χ0v) is 13.7. The molecule has 3 rings (SSSR count). The van der Waals surface area contributed by atoms with Crippen LogP contribution in [0.1, 0.15) is 5.56 Å². The molecule has 0 aliphatic carbocycles. The molecule has 0 saturated carbocycles. The summed E-state index contributed by atoms with van der Waals surface area (Å²) in [6, 6.07) is 13.6. The van der Waals surface area contributed by atoms with Crippen molar-refractivity contribution in [1.82, 2.24) is 4.57 Å². The zero-order chi connectivity index (χ0) is 14.8. The molecule has 0 aliphatic heterocycles. The lowest BCUT2D eigenvalue weighted by atomic mass is 10.1. The number of aryl methyl sites for hydroxylation is 2. The molecular formula is C16H14INO3. The molecule has 3 aromatic rings. The Labute approximate surface area is 135 Å². The monoisotopic (exact) mass is 395 g/mol. The lowest BCUT2D eigenvalue weighted by molar-refractivity contribution is 0.414. The van der Waals surface area contributed by atoms with E-state index < -0.39 is 0 Å². The van der Waals surface area contributed by atoms with E-state index in [1.54, 1.807) is 11.7 Å². The molecule has 0 saturated heterocycles. The molecule has 0 atom stereocenters. The van der Waals surface area contributed by atoms with Crippen LogP contribution in [0.5, 0.6) is 5.75 Å². The van der Waals surface area contributed by atoms with Gasteiger partial charge in [-0.25, -0.2) is 4.79 Å². The third-order valence-corrected chi connectivity index (χ3v) is 4.08. The summed E-state index contributed by atoms with van der Waals surface area (Å²) in [7, 11) is 1.65. The van der Waals surface area contributed by atoms with E-state index in [-0.39, 0.29) is 5.76 Å². The summed E-state index contributed by atoms with van der Waals surface area (Å²) < 4.78 is 13.2. The molecular weight excluding hydrogens is 381 g/mol. The van der Waals surface area contributed by atoms with Gasteiger partial charge in [0.15, 0.2) is 5.58 Å². The molecule has 2 aromatic carbocycles. The number of rotatable bonds is 4. The van der Waals surface area contributed by atoms with Gasteiger partial charge in [-0.1, -0.05) is 12.1 Å². The molecule has 0 amide bonds. The number of fused-ring (bicyclic) bond motifs is 1. The van der Waals surface area contributed by atoms with Gasteiger partial charge in [0.25, 0.3) is 0 Å². The zero-order valence-electron chi connectivity index (χ0n) is 11.5. The first-order valence-corrected chi connectivity index (χ1v) is 7.67. The number of halogens is 1. The Morgan fingerprint density at radius 3 is 2.67 bits per heavy atom. The minimum absolute atomic E-state index is 0.305. The first-order valence-electron chi connectivity index (χ1n) is 6.59. The average molecular weight is 395 g/mol. The predicted molar refractivity (Wildman–Crippen MR) is 89.9 cm³/mol. The van der Waals surface area contributed by atoms with Gasteiger partial charge in [-0.3, -0.25) is 4.57 Å². The second kappa shape index (κ2) is 5.93. The SMILES string of the molecule is COc1ccc(CCn2c(=O)oc3cc(I)ccc32)cc1. The van der Waals surface area contributed by atoms with Gasteiger partial charge in [0.05, 0.1) is 12.6 Å². The summed E-state index contributed by atoms with van der Waals surface area (Å²) in [6.45, 7) is 0.596. The summed E-state index contributed by atoms with van der Waals surface area (Å²) >= 11 is 2.20. The minimum atomic E-state index is -0.305. The van der Waals surface area contributed by atoms with Crippen molar-refractivity contribution in [3.05, 3.63) is 62.1 Å². The molecule has 0 fully saturated rings. The number of methoxy groups -OCH3 is 1. The van der Waals surface area contributed by atoms with E-state index in [9.17, 15) is 4.79 Å². The molecule has 0 aliphatic rings. The van der Waals surface area contributed by atoms with Gasteiger partial charge in [0, 0.05) is 10.1 Å². The molecule has 0 bridgehead atoms. The Morgan fingerprint density at radius 1 is 1.19 bits per heavy atom. The van der Waals surface area contributed by atoms with Crippen molar-refractivity contribution in [1.29, 1.82) is 0 Å². The first-order chi connectivity index (χ1) is 10.2. The molecule has 0 N–H and O–H groups in total. The van der Waals surface area contributed by atoms with Crippen molar-refractivity contribution in [3.8, 4) is 5.75 Å². The van der Waals surface area contributed by atoms with Gasteiger partial charge in [-0.15, -0.1) is 0 Å². The Kier molecular flexibility index (Phi) is 4.01. The van der Waals surface area contributed by atoms with Crippen LogP contribution in [0.2, 0.25) is 0 Å². The largest absolute Gasteiger partial charge is 0.497 e. The third kappa shape index (κ3) is 2.97. The standard InChI is InChI=1S/C16H14INO3/c1-20-13-5-2-11(3-6-13)8-9-18-14-7-4-12(17)10-15(14)21-16(18)19/h2-7,10H,8-9H2,1H3. The van der Waals surface area contributed by atoms with Crippen LogP contribution >= 0.6 is 22.6 Å². The maximum absolute atomic E-state index is 11.9. The molecule has 5 heteroatoms. The second-order valence-electron chi connectivity index (χ2n) is 4.73. The van der Waals surface area contributed by atoms with Crippen LogP contribution in [-0.2, 0) is 13.0 Å². The normalized spacial score (nSPS) is 11.0. The number of benzene rings is 2. The predicted octanol–water partition coefficient (Wildman–Crippen LogP) is 3.45. The number of ether oxygens (including phenoxy) is 1. The number of hydrogen-bond acceptors (Lipinski definition) is 3. The van der Waals surface area contributed by atoms with Crippen molar-refractivity contribution in [2.45, 2.75) is 13.0 Å². The third-order valence-electron chi connectivity index (χ3n) is 3.41. The second-order valence-corrected chi connectivity index (χ2v) is 5.98.